The van der Waals surface area contributed by atoms with Gasteiger partial charge in [-0.2, -0.15) is 22.2 Å². The Morgan fingerprint density at radius 3 is 1.76 bits per heavy atom. The molecule has 2 nitrogen and oxygen atoms in total. The lowest BCUT2D eigenvalue weighted by molar-refractivity contribution is -0.143. The molecule has 0 aliphatic rings. The van der Waals surface area contributed by atoms with Crippen LogP contribution in [0.3, 0.4) is 0 Å². The predicted molar refractivity (Wildman–Crippen MR) is 80.3 cm³/mol. The lowest BCUT2D eigenvalue weighted by Crippen LogP contribution is -2.66. The third-order valence-corrected chi connectivity index (χ3v) is 14.0. The molecule has 0 amide bonds. The van der Waals surface area contributed by atoms with Crippen molar-refractivity contribution in [2.24, 2.45) is 0 Å². The van der Waals surface area contributed by atoms with Crippen molar-refractivity contribution in [3.8, 4) is 0 Å². The summed E-state index contributed by atoms with van der Waals surface area (Å²) in [5, 5.41) is 0. The van der Waals surface area contributed by atoms with E-state index in [1.165, 1.54) is 0 Å². The van der Waals surface area contributed by atoms with E-state index in [9.17, 15) is 4.79 Å². The second kappa shape index (κ2) is 5.47. The predicted octanol–water partition coefficient (Wildman–Crippen LogP) is 4.03. The third kappa shape index (κ3) is 3.59. The smallest absolute Gasteiger partial charge is 0.333 e. The Labute approximate surface area is 116 Å². The molecule has 0 aromatic rings. The second-order valence-corrected chi connectivity index (χ2v) is 18.9. The zero-order valence-corrected chi connectivity index (χ0v) is 14.7. The molecule has 0 heterocycles. The summed E-state index contributed by atoms with van der Waals surface area (Å²) < 4.78 is 5.64. The molecule has 0 aliphatic carbocycles. The Morgan fingerprint density at radius 1 is 1.24 bits per heavy atom. The fraction of sp³-hybridized carbons (Fsp3) is 0.636. The van der Waals surface area contributed by atoms with E-state index in [1.807, 2.05) is 26.2 Å². The Balaban J connectivity index is 5.54. The molecule has 6 heteroatoms. The largest absolute Gasteiger partial charge is 0.460 e. The zero-order chi connectivity index (χ0) is 14.1. The van der Waals surface area contributed by atoms with Crippen molar-refractivity contribution in [2.45, 2.75) is 44.4 Å². The molecule has 0 atom stereocenters. The van der Waals surface area contributed by atoms with E-state index in [0.717, 1.165) is 0 Å². The molecule has 0 N–H and O–H groups in total. The summed E-state index contributed by atoms with van der Waals surface area (Å²) in [5.74, 6) is -0.434. The molecule has 0 aliphatic heterocycles. The van der Waals surface area contributed by atoms with E-state index in [4.69, 9.17) is 26.9 Å². The van der Waals surface area contributed by atoms with Gasteiger partial charge in [0.1, 0.15) is 4.85 Å². The second-order valence-electron chi connectivity index (χ2n) is 5.19. The van der Waals surface area contributed by atoms with Gasteiger partial charge in [-0.25, -0.2) is 4.79 Å². The van der Waals surface area contributed by atoms with Crippen molar-refractivity contribution in [1.29, 1.82) is 0 Å². The summed E-state index contributed by atoms with van der Waals surface area (Å²) in [6.07, 6.45) is 0.400. The van der Waals surface area contributed by atoms with Crippen LogP contribution in [0.1, 0.15) is 13.3 Å². The Morgan fingerprint density at radius 2 is 1.59 bits per heavy atom. The molecule has 99 valence electrons. The fourth-order valence-electron chi connectivity index (χ4n) is 1.84. The van der Waals surface area contributed by atoms with Crippen LogP contribution in [-0.4, -0.2) is 25.6 Å². The molecule has 0 fully saturated rings. The van der Waals surface area contributed by atoms with E-state index in [1.54, 1.807) is 6.92 Å². The summed E-state index contributed by atoms with van der Waals surface area (Å²) in [5.41, 5.74) is 0.354. The lowest BCUT2D eigenvalue weighted by Gasteiger charge is -2.46. The van der Waals surface area contributed by atoms with Gasteiger partial charge in [-0.3, -0.25) is 0 Å². The standard InChI is InChI=1S/C11H21Cl2O2Si2/c1-8-11(16(4,5)12,17(6,7)13)15-10(14)9(2)3/h1-2,8H2,3-7H3. The van der Waals surface area contributed by atoms with Crippen LogP contribution in [-0.2, 0) is 9.53 Å². The maximum absolute atomic E-state index is 11.8. The molecule has 0 spiro atoms. The van der Waals surface area contributed by atoms with Crippen molar-refractivity contribution in [3.05, 3.63) is 19.1 Å². The van der Waals surface area contributed by atoms with Gasteiger partial charge in [0.25, 0.3) is 0 Å². The quantitative estimate of drug-likeness (QED) is 0.331. The summed E-state index contributed by atoms with van der Waals surface area (Å²) in [6.45, 7) is 16.8. The minimum atomic E-state index is -2.33. The molecular weight excluding hydrogens is 291 g/mol. The van der Waals surface area contributed by atoms with Crippen LogP contribution in [0.5, 0.6) is 0 Å². The minimum absolute atomic E-state index is 0.354. The van der Waals surface area contributed by atoms with Gasteiger partial charge in [-0.1, -0.05) is 32.8 Å². The van der Waals surface area contributed by atoms with Crippen molar-refractivity contribution < 1.29 is 9.53 Å². The number of carbonyl (C=O) groups is 1. The van der Waals surface area contributed by atoms with Gasteiger partial charge in [0.05, 0.1) is 0 Å². The number of hydrogen-bond acceptors (Lipinski definition) is 2. The molecule has 0 bridgehead atoms. The van der Waals surface area contributed by atoms with Gasteiger partial charge in [0, 0.05) is 5.57 Å². The van der Waals surface area contributed by atoms with Crippen molar-refractivity contribution in [1.82, 2.24) is 0 Å². The summed E-state index contributed by atoms with van der Waals surface area (Å²) in [7, 11) is -4.65. The molecule has 0 unspecified atom stereocenters. The van der Waals surface area contributed by atoms with Crippen LogP contribution in [0.4, 0.5) is 0 Å². The number of halogens is 2. The highest BCUT2D eigenvalue weighted by Crippen LogP contribution is 2.41. The van der Waals surface area contributed by atoms with Crippen molar-refractivity contribution in [3.63, 3.8) is 0 Å². The lowest BCUT2D eigenvalue weighted by atomic mass is 10.4. The fourth-order valence-corrected chi connectivity index (χ4v) is 14.8. The maximum atomic E-state index is 11.8. The maximum Gasteiger partial charge on any atom is 0.333 e. The van der Waals surface area contributed by atoms with E-state index in [0.29, 0.717) is 12.0 Å². The Bertz CT molecular complexity index is 302. The Hall–Kier alpha value is 0.224. The van der Waals surface area contributed by atoms with Gasteiger partial charge < -0.3 is 4.74 Å². The van der Waals surface area contributed by atoms with Gasteiger partial charge in [0.2, 0.25) is 0 Å². The minimum Gasteiger partial charge on any atom is -0.460 e. The average molecular weight is 312 g/mol. The summed E-state index contributed by atoms with van der Waals surface area (Å²) >= 11 is 13.1. The van der Waals surface area contributed by atoms with Gasteiger partial charge in [-0.05, 0) is 20.3 Å². The first-order chi connectivity index (χ1) is 7.39. The SMILES string of the molecule is [CH2]CC(OC(=O)C(=C)C)([Si](C)(C)Cl)[Si](C)(C)Cl. The molecule has 0 saturated carbocycles. The third-order valence-electron chi connectivity index (χ3n) is 2.89. The highest BCUT2D eigenvalue weighted by molar-refractivity contribution is 7.34. The normalized spacial score (nSPS) is 13.4. The number of hydrogen-bond donors (Lipinski definition) is 0. The molecule has 0 saturated heterocycles. The number of carbonyl (C=O) groups excluding carboxylic acids is 1. The summed E-state index contributed by atoms with van der Waals surface area (Å²) in [6, 6.07) is 0. The van der Waals surface area contributed by atoms with E-state index in [2.05, 4.69) is 13.5 Å². The van der Waals surface area contributed by atoms with Gasteiger partial charge in [-0.15, -0.1) is 0 Å². The van der Waals surface area contributed by atoms with E-state index in [-0.39, 0.29) is 0 Å². The van der Waals surface area contributed by atoms with Crippen LogP contribution < -0.4 is 0 Å². The monoisotopic (exact) mass is 311 g/mol. The van der Waals surface area contributed by atoms with Gasteiger partial charge >= 0.3 is 5.97 Å². The summed E-state index contributed by atoms with van der Waals surface area (Å²) in [4.78, 5) is 11.0. The van der Waals surface area contributed by atoms with Crippen LogP contribution in [0.15, 0.2) is 12.2 Å². The van der Waals surface area contributed by atoms with E-state index >= 15 is 0 Å². The van der Waals surface area contributed by atoms with Crippen LogP contribution in [0.25, 0.3) is 0 Å². The van der Waals surface area contributed by atoms with Gasteiger partial charge in [0.15, 0.2) is 14.8 Å². The zero-order valence-electron chi connectivity index (χ0n) is 11.2. The topological polar surface area (TPSA) is 26.3 Å². The molecule has 0 aromatic carbocycles. The van der Waals surface area contributed by atoms with Crippen LogP contribution in [0.2, 0.25) is 26.2 Å². The van der Waals surface area contributed by atoms with Crippen LogP contribution >= 0.6 is 22.2 Å². The Kier molecular flexibility index (Phi) is 5.54. The van der Waals surface area contributed by atoms with Crippen molar-refractivity contribution in [2.75, 3.05) is 0 Å². The van der Waals surface area contributed by atoms with Crippen molar-refractivity contribution >= 4 is 42.9 Å². The highest BCUT2D eigenvalue weighted by Gasteiger charge is 2.59. The molecule has 17 heavy (non-hydrogen) atoms. The number of ether oxygens (including phenoxy) is 1. The molecule has 0 aromatic heterocycles. The number of esters is 1. The highest BCUT2D eigenvalue weighted by atomic mass is 35.6. The molecular formula is C11H21Cl2O2Si2. The van der Waals surface area contributed by atoms with Crippen LogP contribution in [0, 0.1) is 6.92 Å². The average Bonchev–Trinajstić information content (AvgIpc) is 2.09. The van der Waals surface area contributed by atoms with E-state index < -0.39 is 25.6 Å². The first kappa shape index (κ1) is 17.2. The number of rotatable bonds is 5. The molecule has 1 radical (unpaired) electrons. The first-order valence-electron chi connectivity index (χ1n) is 5.45. The first-order valence-corrected chi connectivity index (χ1v) is 13.5. The molecule has 0 rings (SSSR count).